The smallest absolute Gasteiger partial charge is 0.156 e. The fourth-order valence-electron chi connectivity index (χ4n) is 2.24. The van der Waals surface area contributed by atoms with Crippen LogP contribution in [-0.4, -0.2) is 47.0 Å². The molecule has 6 nitrogen and oxygen atoms in total. The van der Waals surface area contributed by atoms with Crippen LogP contribution in [0.5, 0.6) is 0 Å². The van der Waals surface area contributed by atoms with Crippen LogP contribution in [0.4, 0.5) is 5.82 Å². The number of nitrogens with two attached hydrogens (primary N) is 1. The van der Waals surface area contributed by atoms with E-state index >= 15 is 0 Å². The van der Waals surface area contributed by atoms with Crippen LogP contribution in [0.1, 0.15) is 0 Å². The van der Waals surface area contributed by atoms with E-state index in [1.54, 1.807) is 16.3 Å². The minimum absolute atomic E-state index is 0.669. The topological polar surface area (TPSA) is 74.1 Å². The predicted octanol–water partition coefficient (Wildman–Crippen LogP) is 2.58. The van der Waals surface area contributed by atoms with Gasteiger partial charge in [0.25, 0.3) is 0 Å². The maximum absolute atomic E-state index is 6.27. The van der Waals surface area contributed by atoms with Gasteiger partial charge in [0.2, 0.25) is 0 Å². The molecular weight excluding hydrogens is 320 g/mol. The number of halogens is 1. The lowest BCUT2D eigenvalue weighted by atomic mass is 10.2. The SMILES string of the molecule is CN(C)CCN(N)c1ncnc2[nH]cc(-c3sccc3Cl)c12. The molecule has 0 aliphatic carbocycles. The molecular formula is C14H17ClN6S. The van der Waals surface area contributed by atoms with Crippen molar-refractivity contribution in [1.29, 1.82) is 0 Å². The van der Waals surface area contributed by atoms with Crippen molar-refractivity contribution in [3.8, 4) is 10.4 Å². The van der Waals surface area contributed by atoms with Crippen molar-refractivity contribution in [1.82, 2.24) is 19.9 Å². The van der Waals surface area contributed by atoms with Gasteiger partial charge in [0.15, 0.2) is 5.82 Å². The molecule has 116 valence electrons. The molecule has 0 aromatic carbocycles. The first-order valence-electron chi connectivity index (χ1n) is 6.80. The molecule has 0 fully saturated rings. The molecule has 3 N–H and O–H groups in total. The second-order valence-corrected chi connectivity index (χ2v) is 6.54. The van der Waals surface area contributed by atoms with Gasteiger partial charge in [0.05, 0.1) is 15.3 Å². The van der Waals surface area contributed by atoms with Crippen LogP contribution < -0.4 is 10.9 Å². The molecule has 0 aliphatic rings. The van der Waals surface area contributed by atoms with Gasteiger partial charge in [-0.1, -0.05) is 11.6 Å². The average molecular weight is 337 g/mol. The third-order valence-corrected chi connectivity index (χ3v) is 4.75. The molecule has 3 rings (SSSR count). The highest BCUT2D eigenvalue weighted by Crippen LogP contribution is 2.39. The van der Waals surface area contributed by atoms with Gasteiger partial charge in [-0.3, -0.25) is 5.01 Å². The van der Waals surface area contributed by atoms with E-state index in [2.05, 4.69) is 19.9 Å². The summed E-state index contributed by atoms with van der Waals surface area (Å²) in [5, 5.41) is 5.24. The van der Waals surface area contributed by atoms with Crippen molar-refractivity contribution in [2.24, 2.45) is 5.84 Å². The summed E-state index contributed by atoms with van der Waals surface area (Å²) in [5.74, 6) is 6.90. The highest BCUT2D eigenvalue weighted by atomic mass is 35.5. The van der Waals surface area contributed by atoms with Crippen LogP contribution in [0.3, 0.4) is 0 Å². The lowest BCUT2D eigenvalue weighted by Gasteiger charge is -2.20. The van der Waals surface area contributed by atoms with Crippen molar-refractivity contribution >= 4 is 39.8 Å². The highest BCUT2D eigenvalue weighted by Gasteiger charge is 2.18. The van der Waals surface area contributed by atoms with E-state index in [1.807, 2.05) is 31.7 Å². The van der Waals surface area contributed by atoms with Crippen LogP contribution in [0.15, 0.2) is 24.0 Å². The third-order valence-electron chi connectivity index (χ3n) is 3.37. The van der Waals surface area contributed by atoms with Gasteiger partial charge in [-0.25, -0.2) is 15.8 Å². The van der Waals surface area contributed by atoms with Crippen LogP contribution in [0.25, 0.3) is 21.5 Å². The largest absolute Gasteiger partial charge is 0.345 e. The molecule has 0 unspecified atom stereocenters. The quantitative estimate of drug-likeness (QED) is 0.553. The van der Waals surface area contributed by atoms with E-state index in [1.165, 1.54) is 6.33 Å². The van der Waals surface area contributed by atoms with Crippen molar-refractivity contribution in [3.63, 3.8) is 0 Å². The minimum atomic E-state index is 0.669. The van der Waals surface area contributed by atoms with E-state index in [-0.39, 0.29) is 0 Å². The van der Waals surface area contributed by atoms with E-state index < -0.39 is 0 Å². The Morgan fingerprint density at radius 2 is 2.14 bits per heavy atom. The Bertz CT molecular complexity index is 781. The van der Waals surface area contributed by atoms with Gasteiger partial charge in [-0.2, -0.15) is 0 Å². The van der Waals surface area contributed by atoms with Crippen LogP contribution >= 0.6 is 22.9 Å². The normalized spacial score (nSPS) is 11.5. The Morgan fingerprint density at radius 1 is 1.32 bits per heavy atom. The number of nitrogens with zero attached hydrogens (tertiary/aromatic N) is 4. The number of aromatic amines is 1. The standard InChI is InChI=1S/C14H17ClN6S/c1-20(2)4-5-21(16)14-11-9(12-10(15)3-6-22-12)7-17-13(11)18-8-19-14/h3,6-8H,4-5,16H2,1-2H3,(H,17,18,19). The summed E-state index contributed by atoms with van der Waals surface area (Å²) in [7, 11) is 4.02. The number of anilines is 1. The molecule has 0 spiro atoms. The molecule has 0 saturated heterocycles. The number of hydrogen-bond donors (Lipinski definition) is 2. The Morgan fingerprint density at radius 3 is 2.82 bits per heavy atom. The van der Waals surface area contributed by atoms with Crippen molar-refractivity contribution in [3.05, 3.63) is 29.0 Å². The van der Waals surface area contributed by atoms with E-state index in [4.69, 9.17) is 17.4 Å². The van der Waals surface area contributed by atoms with Crippen LogP contribution in [0, 0.1) is 0 Å². The summed E-state index contributed by atoms with van der Waals surface area (Å²) in [5.41, 5.74) is 1.73. The Hall–Kier alpha value is -1.67. The number of H-pyrrole nitrogens is 1. The highest BCUT2D eigenvalue weighted by molar-refractivity contribution is 7.14. The zero-order valence-corrected chi connectivity index (χ0v) is 13.9. The molecule has 0 amide bonds. The fourth-order valence-corrected chi connectivity index (χ4v) is 3.42. The molecule has 0 bridgehead atoms. The first kappa shape index (κ1) is 15.2. The first-order chi connectivity index (χ1) is 10.6. The molecule has 0 atom stereocenters. The van der Waals surface area contributed by atoms with Gasteiger partial charge in [0.1, 0.15) is 12.0 Å². The fraction of sp³-hybridized carbons (Fsp3) is 0.286. The molecule has 3 aromatic rings. The van der Waals surface area contributed by atoms with Crippen molar-refractivity contribution in [2.75, 3.05) is 32.2 Å². The monoisotopic (exact) mass is 336 g/mol. The number of fused-ring (bicyclic) bond motifs is 1. The molecule has 0 radical (unpaired) electrons. The Kier molecular flexibility index (Phi) is 4.30. The van der Waals surface area contributed by atoms with Crippen molar-refractivity contribution in [2.45, 2.75) is 0 Å². The molecule has 3 heterocycles. The summed E-state index contributed by atoms with van der Waals surface area (Å²) in [6, 6.07) is 1.89. The number of thiophene rings is 1. The Labute approximate surface area is 137 Å². The van der Waals surface area contributed by atoms with Crippen LogP contribution in [-0.2, 0) is 0 Å². The number of nitrogens with one attached hydrogen (secondary N) is 1. The summed E-state index contributed by atoms with van der Waals surface area (Å²) in [4.78, 5) is 14.9. The van der Waals surface area contributed by atoms with Gasteiger partial charge in [-0.05, 0) is 25.5 Å². The molecule has 0 aliphatic heterocycles. The lowest BCUT2D eigenvalue weighted by Crippen LogP contribution is -2.37. The van der Waals surface area contributed by atoms with Gasteiger partial charge in [0, 0.05) is 24.8 Å². The summed E-state index contributed by atoms with van der Waals surface area (Å²) in [6.45, 7) is 1.50. The minimum Gasteiger partial charge on any atom is -0.345 e. The van der Waals surface area contributed by atoms with Crippen molar-refractivity contribution < 1.29 is 0 Å². The molecule has 0 saturated carbocycles. The second kappa shape index (κ2) is 6.21. The number of rotatable bonds is 5. The molecule has 22 heavy (non-hydrogen) atoms. The van der Waals surface area contributed by atoms with Gasteiger partial charge in [-0.15, -0.1) is 11.3 Å². The van der Waals surface area contributed by atoms with Crippen LogP contribution in [0.2, 0.25) is 5.02 Å². The van der Waals surface area contributed by atoms with E-state index in [9.17, 15) is 0 Å². The number of hydrogen-bond acceptors (Lipinski definition) is 6. The van der Waals surface area contributed by atoms with E-state index in [0.29, 0.717) is 12.4 Å². The number of hydrazine groups is 1. The number of aromatic nitrogens is 3. The lowest BCUT2D eigenvalue weighted by molar-refractivity contribution is 0.413. The van der Waals surface area contributed by atoms with Gasteiger partial charge < -0.3 is 9.88 Å². The maximum atomic E-state index is 6.27. The average Bonchev–Trinajstić information content (AvgIpc) is 3.10. The van der Waals surface area contributed by atoms with E-state index in [0.717, 1.165) is 33.0 Å². The Balaban J connectivity index is 2.07. The summed E-state index contributed by atoms with van der Waals surface area (Å²) in [6.07, 6.45) is 3.42. The summed E-state index contributed by atoms with van der Waals surface area (Å²) < 4.78 is 0. The number of likely N-dealkylation sites (N-methyl/N-ethyl adjacent to an activating group) is 1. The maximum Gasteiger partial charge on any atom is 0.156 e. The zero-order chi connectivity index (χ0) is 15.7. The second-order valence-electron chi connectivity index (χ2n) is 5.22. The summed E-state index contributed by atoms with van der Waals surface area (Å²) >= 11 is 7.86. The third kappa shape index (κ3) is 2.80. The zero-order valence-electron chi connectivity index (χ0n) is 12.4. The predicted molar refractivity (Wildman–Crippen MR) is 92.3 cm³/mol. The molecule has 3 aromatic heterocycles. The first-order valence-corrected chi connectivity index (χ1v) is 8.06. The molecule has 8 heteroatoms. The van der Waals surface area contributed by atoms with Gasteiger partial charge >= 0.3 is 0 Å².